The summed E-state index contributed by atoms with van der Waals surface area (Å²) in [6.45, 7) is 9.65. The van der Waals surface area contributed by atoms with Gasteiger partial charge in [-0.05, 0) is 39.5 Å². The summed E-state index contributed by atoms with van der Waals surface area (Å²) in [4.78, 5) is 24.8. The van der Waals surface area contributed by atoms with E-state index in [9.17, 15) is 9.59 Å². The molecule has 0 saturated heterocycles. The number of hydrogen-bond donors (Lipinski definition) is 0. The van der Waals surface area contributed by atoms with Crippen molar-refractivity contribution in [3.8, 4) is 0 Å². The van der Waals surface area contributed by atoms with Crippen molar-refractivity contribution in [2.45, 2.75) is 71.6 Å². The van der Waals surface area contributed by atoms with Gasteiger partial charge in [0.05, 0.1) is 0 Å². The molecule has 0 heterocycles. The van der Waals surface area contributed by atoms with Crippen LogP contribution < -0.4 is 0 Å². The predicted octanol–water partition coefficient (Wildman–Crippen LogP) is 3.00. The third-order valence-corrected chi connectivity index (χ3v) is 3.01. The fraction of sp³-hybridized carbons (Fsp3) is 0.857. The molecule has 0 aromatic carbocycles. The number of aldehydes is 1. The van der Waals surface area contributed by atoms with Gasteiger partial charge in [-0.15, -0.1) is 0 Å². The van der Waals surface area contributed by atoms with Crippen LogP contribution in [0.2, 0.25) is 0 Å². The molecule has 104 valence electrons. The van der Waals surface area contributed by atoms with Crippen molar-refractivity contribution in [2.24, 2.45) is 5.92 Å². The van der Waals surface area contributed by atoms with E-state index in [1.165, 1.54) is 0 Å². The molecule has 4 nitrogen and oxygen atoms in total. The second-order valence-corrected chi connectivity index (χ2v) is 6.33. The molecule has 0 spiro atoms. The van der Waals surface area contributed by atoms with Crippen LogP contribution in [-0.4, -0.2) is 35.0 Å². The lowest BCUT2D eigenvalue weighted by atomic mass is 10.00. The molecule has 18 heavy (non-hydrogen) atoms. The number of nitrogens with zero attached hydrogens (tertiary/aromatic N) is 1. The van der Waals surface area contributed by atoms with Crippen LogP contribution in [0.3, 0.4) is 0 Å². The van der Waals surface area contributed by atoms with Crippen molar-refractivity contribution < 1.29 is 14.3 Å². The zero-order valence-electron chi connectivity index (χ0n) is 12.1. The Kier molecular flexibility index (Phi) is 4.77. The van der Waals surface area contributed by atoms with Crippen molar-refractivity contribution in [1.82, 2.24) is 4.90 Å². The van der Waals surface area contributed by atoms with Crippen molar-refractivity contribution in [2.75, 3.05) is 0 Å². The molecule has 1 saturated carbocycles. The third-order valence-electron chi connectivity index (χ3n) is 3.01. The molecule has 0 aromatic rings. The Morgan fingerprint density at radius 2 is 1.94 bits per heavy atom. The lowest BCUT2D eigenvalue weighted by Crippen LogP contribution is -2.47. The monoisotopic (exact) mass is 255 g/mol. The highest BCUT2D eigenvalue weighted by Crippen LogP contribution is 2.33. The van der Waals surface area contributed by atoms with Crippen molar-refractivity contribution in [3.63, 3.8) is 0 Å². The highest BCUT2D eigenvalue weighted by atomic mass is 16.6. The van der Waals surface area contributed by atoms with E-state index in [-0.39, 0.29) is 24.1 Å². The van der Waals surface area contributed by atoms with Crippen molar-refractivity contribution in [3.05, 3.63) is 0 Å². The largest absolute Gasteiger partial charge is 0.444 e. The van der Waals surface area contributed by atoms with E-state index < -0.39 is 5.60 Å². The van der Waals surface area contributed by atoms with E-state index in [2.05, 4.69) is 0 Å². The minimum Gasteiger partial charge on any atom is -0.444 e. The average molecular weight is 255 g/mol. The molecule has 1 amide bonds. The van der Waals surface area contributed by atoms with Crippen LogP contribution >= 0.6 is 0 Å². The molecular formula is C14H25NO3. The van der Waals surface area contributed by atoms with Crippen molar-refractivity contribution in [1.29, 1.82) is 0 Å². The topological polar surface area (TPSA) is 46.6 Å². The van der Waals surface area contributed by atoms with E-state index in [1.54, 1.807) is 4.90 Å². The van der Waals surface area contributed by atoms with E-state index in [4.69, 9.17) is 4.74 Å². The first kappa shape index (κ1) is 15.0. The smallest absolute Gasteiger partial charge is 0.410 e. The highest BCUT2D eigenvalue weighted by molar-refractivity contribution is 5.70. The van der Waals surface area contributed by atoms with Gasteiger partial charge in [-0.3, -0.25) is 0 Å². The van der Waals surface area contributed by atoms with Crippen LogP contribution in [-0.2, 0) is 9.53 Å². The molecule has 0 aromatic heterocycles. The fourth-order valence-corrected chi connectivity index (χ4v) is 2.03. The van der Waals surface area contributed by atoms with Gasteiger partial charge in [-0.2, -0.15) is 0 Å². The number of hydrogen-bond acceptors (Lipinski definition) is 3. The number of amides is 1. The van der Waals surface area contributed by atoms with E-state index >= 15 is 0 Å². The molecule has 0 aliphatic heterocycles. The second kappa shape index (κ2) is 5.72. The Hall–Kier alpha value is -1.06. The van der Waals surface area contributed by atoms with E-state index in [1.807, 2.05) is 34.6 Å². The van der Waals surface area contributed by atoms with Gasteiger partial charge in [0.25, 0.3) is 0 Å². The van der Waals surface area contributed by atoms with E-state index in [0.29, 0.717) is 6.42 Å². The number of carbonyl (C=O) groups is 2. The summed E-state index contributed by atoms with van der Waals surface area (Å²) in [5.41, 5.74) is -0.493. The summed E-state index contributed by atoms with van der Waals surface area (Å²) in [5.74, 6) is 0.253. The SMILES string of the molecule is CC(C)C(CC=O)N(C(=O)OC(C)(C)C)C1CC1. The van der Waals surface area contributed by atoms with Gasteiger partial charge in [0.2, 0.25) is 0 Å². The van der Waals surface area contributed by atoms with Gasteiger partial charge < -0.3 is 14.4 Å². The van der Waals surface area contributed by atoms with Crippen LogP contribution in [0.1, 0.15) is 53.9 Å². The average Bonchev–Trinajstić information content (AvgIpc) is 2.97. The molecule has 1 fully saturated rings. The maximum Gasteiger partial charge on any atom is 0.410 e. The Morgan fingerprint density at radius 1 is 1.39 bits per heavy atom. The van der Waals surface area contributed by atoms with Crippen molar-refractivity contribution >= 4 is 12.4 Å². The van der Waals surface area contributed by atoms with E-state index in [0.717, 1.165) is 19.1 Å². The van der Waals surface area contributed by atoms with Gasteiger partial charge in [0.15, 0.2) is 0 Å². The van der Waals surface area contributed by atoms with Gasteiger partial charge in [-0.1, -0.05) is 13.8 Å². The zero-order chi connectivity index (χ0) is 13.9. The summed E-state index contributed by atoms with van der Waals surface area (Å²) < 4.78 is 5.45. The Morgan fingerprint density at radius 3 is 2.28 bits per heavy atom. The summed E-state index contributed by atoms with van der Waals surface area (Å²) in [6.07, 6.45) is 3.02. The highest BCUT2D eigenvalue weighted by Gasteiger charge is 2.40. The predicted molar refractivity (Wildman–Crippen MR) is 70.4 cm³/mol. The van der Waals surface area contributed by atoms with Crippen LogP contribution in [0.5, 0.6) is 0 Å². The molecule has 1 atom stereocenters. The van der Waals surface area contributed by atoms with Gasteiger partial charge in [0, 0.05) is 18.5 Å². The summed E-state index contributed by atoms with van der Waals surface area (Å²) >= 11 is 0. The summed E-state index contributed by atoms with van der Waals surface area (Å²) in [5, 5.41) is 0. The molecule has 0 N–H and O–H groups in total. The molecule has 1 rings (SSSR count). The fourth-order valence-electron chi connectivity index (χ4n) is 2.03. The number of carbonyl (C=O) groups excluding carboxylic acids is 2. The quantitative estimate of drug-likeness (QED) is 0.709. The first-order valence-electron chi connectivity index (χ1n) is 6.71. The molecular weight excluding hydrogens is 230 g/mol. The lowest BCUT2D eigenvalue weighted by molar-refractivity contribution is -0.109. The van der Waals surface area contributed by atoms with Crippen LogP contribution in [0.4, 0.5) is 4.79 Å². The van der Waals surface area contributed by atoms with Gasteiger partial charge in [0.1, 0.15) is 11.9 Å². The lowest BCUT2D eigenvalue weighted by Gasteiger charge is -2.35. The number of ether oxygens (including phenoxy) is 1. The van der Waals surface area contributed by atoms with Crippen LogP contribution in [0, 0.1) is 5.92 Å². The Balaban J connectivity index is 2.80. The Labute approximate surface area is 110 Å². The van der Waals surface area contributed by atoms with Crippen LogP contribution in [0.15, 0.2) is 0 Å². The first-order valence-corrected chi connectivity index (χ1v) is 6.71. The standard InChI is InChI=1S/C14H25NO3/c1-10(2)12(8-9-16)15(11-6-7-11)13(17)18-14(3,4)5/h9-12H,6-8H2,1-5H3. The maximum absolute atomic E-state index is 12.2. The third kappa shape index (κ3) is 4.31. The summed E-state index contributed by atoms with van der Waals surface area (Å²) in [6, 6.07) is 0.206. The van der Waals surface area contributed by atoms with Crippen LogP contribution in [0.25, 0.3) is 0 Å². The first-order chi connectivity index (χ1) is 8.26. The zero-order valence-corrected chi connectivity index (χ0v) is 12.1. The molecule has 1 aliphatic carbocycles. The molecule has 1 aliphatic rings. The number of rotatable bonds is 5. The normalized spacial score (nSPS) is 17.4. The second-order valence-electron chi connectivity index (χ2n) is 6.33. The molecule has 0 radical (unpaired) electrons. The Bertz CT molecular complexity index is 303. The molecule has 4 heteroatoms. The summed E-state index contributed by atoms with van der Waals surface area (Å²) in [7, 11) is 0. The van der Waals surface area contributed by atoms with Gasteiger partial charge >= 0.3 is 6.09 Å². The molecule has 1 unspecified atom stereocenters. The minimum atomic E-state index is -0.493. The van der Waals surface area contributed by atoms with Gasteiger partial charge in [-0.25, -0.2) is 4.79 Å². The molecule has 0 bridgehead atoms. The maximum atomic E-state index is 12.2. The minimum absolute atomic E-state index is 0.0511.